The van der Waals surface area contributed by atoms with Gasteiger partial charge in [0.2, 0.25) is 5.62 Å². The van der Waals surface area contributed by atoms with Crippen LogP contribution in [0.1, 0.15) is 38.2 Å². The Morgan fingerprint density at radius 3 is 2.47 bits per heavy atom. The monoisotopic (exact) mass is 510 g/mol. The Morgan fingerprint density at radius 2 is 1.83 bits per heavy atom. The number of H-pyrrole nitrogens is 1. The van der Waals surface area contributed by atoms with Crippen LogP contribution in [0.15, 0.2) is 57.0 Å². The smallest absolute Gasteiger partial charge is 0.335 e. The average Bonchev–Trinajstić information content (AvgIpc) is 3.15. The first-order valence-corrected chi connectivity index (χ1v) is 11.9. The molecule has 10 nitrogen and oxygen atoms in total. The molecule has 0 aliphatic heterocycles. The van der Waals surface area contributed by atoms with Crippen molar-refractivity contribution in [2.24, 2.45) is 10.9 Å². The zero-order valence-electron chi connectivity index (χ0n) is 20.4. The molecule has 2 aromatic carbocycles. The summed E-state index contributed by atoms with van der Waals surface area (Å²) in [7, 11) is 0. The van der Waals surface area contributed by atoms with Crippen LogP contribution in [-0.2, 0) is 17.9 Å². The number of hydrogen-bond donors (Lipinski definition) is 2. The Hall–Kier alpha value is -3.92. The highest BCUT2D eigenvalue weighted by Gasteiger charge is 2.25. The summed E-state index contributed by atoms with van der Waals surface area (Å²) in [6.45, 7) is 7.81. The molecule has 0 amide bonds. The van der Waals surface area contributed by atoms with Crippen LogP contribution < -0.4 is 17.0 Å². The highest BCUT2D eigenvalue weighted by Crippen LogP contribution is 2.22. The Labute approximate surface area is 211 Å². The van der Waals surface area contributed by atoms with E-state index in [-0.39, 0.29) is 12.2 Å². The summed E-state index contributed by atoms with van der Waals surface area (Å²) in [5, 5.41) is 9.98. The van der Waals surface area contributed by atoms with Crippen LogP contribution in [-0.4, -0.2) is 34.7 Å². The van der Waals surface area contributed by atoms with Crippen LogP contribution in [0.25, 0.3) is 11.0 Å². The molecule has 0 spiro atoms. The molecule has 0 aliphatic carbocycles. The van der Waals surface area contributed by atoms with Gasteiger partial charge in [-0.1, -0.05) is 23.7 Å². The van der Waals surface area contributed by atoms with Gasteiger partial charge in [0.15, 0.2) is 0 Å². The van der Waals surface area contributed by atoms with E-state index >= 15 is 0 Å². The van der Waals surface area contributed by atoms with Crippen molar-refractivity contribution in [3.63, 3.8) is 0 Å². The number of fused-ring (bicyclic) bond motifs is 1. The lowest BCUT2D eigenvalue weighted by atomic mass is 10.0. The number of aliphatic carboxylic acids is 1. The van der Waals surface area contributed by atoms with Gasteiger partial charge in [0.25, 0.3) is 0 Å². The predicted octanol–water partition coefficient (Wildman–Crippen LogP) is 3.23. The third kappa shape index (κ3) is 4.76. The van der Waals surface area contributed by atoms with Crippen molar-refractivity contribution in [2.45, 2.75) is 46.8 Å². The molecule has 4 rings (SSSR count). The van der Waals surface area contributed by atoms with E-state index in [1.165, 1.54) is 18.4 Å². The summed E-state index contributed by atoms with van der Waals surface area (Å²) in [5.41, 5.74) is 1.61. The number of rotatable bonds is 7. The van der Waals surface area contributed by atoms with Crippen LogP contribution in [0.2, 0.25) is 5.02 Å². The number of aromatic amines is 1. The lowest BCUT2D eigenvalue weighted by Gasteiger charge is -2.19. The van der Waals surface area contributed by atoms with Gasteiger partial charge in [-0.3, -0.25) is 14.3 Å². The maximum Gasteiger partial charge on any atom is 0.335 e. The van der Waals surface area contributed by atoms with Crippen LogP contribution >= 0.6 is 11.6 Å². The molecule has 2 aromatic heterocycles. The zero-order valence-corrected chi connectivity index (χ0v) is 21.2. The van der Waals surface area contributed by atoms with E-state index in [1.54, 1.807) is 36.4 Å². The van der Waals surface area contributed by atoms with Crippen molar-refractivity contribution >= 4 is 34.3 Å². The minimum Gasteiger partial charge on any atom is -0.481 e. The maximum atomic E-state index is 13.6. The third-order valence-electron chi connectivity index (χ3n) is 6.38. The fourth-order valence-electron chi connectivity index (χ4n) is 4.15. The standard InChI is InChI=1S/C25H27ClN6O4/c1-5-30-16(4)27-20-12-19(10-11-21(20)30)28-23-29-24(35)32(15(3)14(2)22(33)34)25(36)31(23)13-17-6-8-18(26)9-7-17/h6-12,14-15H,5,13H2,1-4H3,(H,33,34)(H,28,29,35)/t14-,15+/m1/s1. The molecule has 0 fully saturated rings. The van der Waals surface area contributed by atoms with Crippen LogP contribution in [0.3, 0.4) is 0 Å². The number of carboxylic acid groups (broad SMARTS) is 1. The highest BCUT2D eigenvalue weighted by atomic mass is 35.5. The van der Waals surface area contributed by atoms with Gasteiger partial charge in [-0.15, -0.1) is 0 Å². The minimum atomic E-state index is -1.11. The summed E-state index contributed by atoms with van der Waals surface area (Å²) in [5.74, 6) is -1.20. The number of carbonyl (C=O) groups is 1. The van der Waals surface area contributed by atoms with Crippen LogP contribution in [0, 0.1) is 12.8 Å². The van der Waals surface area contributed by atoms with E-state index in [0.29, 0.717) is 10.7 Å². The molecule has 188 valence electrons. The highest BCUT2D eigenvalue weighted by molar-refractivity contribution is 6.30. The number of nitrogens with one attached hydrogen (secondary N) is 1. The molecule has 0 bridgehead atoms. The molecule has 11 heteroatoms. The van der Waals surface area contributed by atoms with Crippen molar-refractivity contribution < 1.29 is 9.90 Å². The van der Waals surface area contributed by atoms with Gasteiger partial charge >= 0.3 is 17.3 Å². The summed E-state index contributed by atoms with van der Waals surface area (Å²) in [4.78, 5) is 49.9. The van der Waals surface area contributed by atoms with E-state index in [2.05, 4.69) is 19.5 Å². The molecular formula is C25H27ClN6O4. The zero-order chi connectivity index (χ0) is 26.1. The molecule has 36 heavy (non-hydrogen) atoms. The molecular weight excluding hydrogens is 484 g/mol. The number of carboxylic acids is 1. The van der Waals surface area contributed by atoms with Gasteiger partial charge in [-0.25, -0.2) is 24.1 Å². The molecule has 4 aromatic rings. The summed E-state index contributed by atoms with van der Waals surface area (Å²) < 4.78 is 4.31. The van der Waals surface area contributed by atoms with Crippen molar-refractivity contribution in [1.29, 1.82) is 0 Å². The maximum absolute atomic E-state index is 13.6. The first kappa shape index (κ1) is 25.2. The van der Waals surface area contributed by atoms with Gasteiger partial charge in [0, 0.05) is 11.6 Å². The van der Waals surface area contributed by atoms with Gasteiger partial charge in [0.05, 0.1) is 35.2 Å². The largest absolute Gasteiger partial charge is 0.481 e. The number of aryl methyl sites for hydroxylation is 2. The Kier molecular flexibility index (Phi) is 6.98. The van der Waals surface area contributed by atoms with Crippen molar-refractivity contribution in [3.05, 3.63) is 85.5 Å². The predicted molar refractivity (Wildman–Crippen MR) is 137 cm³/mol. The lowest BCUT2D eigenvalue weighted by Crippen LogP contribution is -2.52. The lowest BCUT2D eigenvalue weighted by molar-refractivity contribution is -0.142. The second-order valence-electron chi connectivity index (χ2n) is 8.67. The Balaban J connectivity index is 1.92. The summed E-state index contributed by atoms with van der Waals surface area (Å²) in [6, 6.07) is 11.5. The molecule has 2 heterocycles. The number of benzene rings is 2. The van der Waals surface area contributed by atoms with Crippen molar-refractivity contribution in [2.75, 3.05) is 0 Å². The van der Waals surface area contributed by atoms with Crippen LogP contribution in [0.4, 0.5) is 5.69 Å². The molecule has 0 radical (unpaired) electrons. The number of halogens is 1. The van der Waals surface area contributed by atoms with Gasteiger partial charge in [-0.2, -0.15) is 0 Å². The molecule has 0 aliphatic rings. The minimum absolute atomic E-state index is 0.0392. The Bertz CT molecular complexity index is 1630. The molecule has 0 unspecified atom stereocenters. The topological polar surface area (TPSA) is 127 Å². The number of aromatic nitrogens is 5. The molecule has 0 saturated carbocycles. The third-order valence-corrected chi connectivity index (χ3v) is 6.63. The van der Waals surface area contributed by atoms with E-state index < -0.39 is 29.3 Å². The average molecular weight is 511 g/mol. The van der Waals surface area contributed by atoms with E-state index in [9.17, 15) is 19.5 Å². The first-order valence-electron chi connectivity index (χ1n) is 11.5. The first-order chi connectivity index (χ1) is 17.1. The van der Waals surface area contributed by atoms with E-state index in [0.717, 1.165) is 33.5 Å². The number of hydrogen-bond acceptors (Lipinski definition) is 5. The number of imidazole rings is 1. The SMILES string of the molecule is CCn1c(C)nc2cc(/N=c3\[nH]c(=O)n([C@@H](C)[C@@H](C)C(=O)O)c(=O)n3Cc3ccc(Cl)cc3)ccc21. The summed E-state index contributed by atoms with van der Waals surface area (Å²) in [6.07, 6.45) is 0. The Morgan fingerprint density at radius 1 is 1.14 bits per heavy atom. The fourth-order valence-corrected chi connectivity index (χ4v) is 4.28. The van der Waals surface area contributed by atoms with Gasteiger partial charge in [-0.05, 0) is 63.6 Å². The molecule has 2 atom stereocenters. The second kappa shape index (κ2) is 9.98. The molecule has 0 saturated heterocycles. The second-order valence-corrected chi connectivity index (χ2v) is 9.11. The van der Waals surface area contributed by atoms with E-state index in [4.69, 9.17) is 11.6 Å². The fraction of sp³-hybridized carbons (Fsp3) is 0.320. The van der Waals surface area contributed by atoms with Gasteiger partial charge < -0.3 is 9.67 Å². The van der Waals surface area contributed by atoms with Crippen LogP contribution in [0.5, 0.6) is 0 Å². The normalized spacial score (nSPS) is 13.8. The number of nitrogens with zero attached hydrogens (tertiary/aromatic N) is 5. The van der Waals surface area contributed by atoms with Gasteiger partial charge in [0.1, 0.15) is 5.82 Å². The quantitative estimate of drug-likeness (QED) is 0.394. The van der Waals surface area contributed by atoms with Crippen molar-refractivity contribution in [3.8, 4) is 0 Å². The van der Waals surface area contributed by atoms with E-state index in [1.807, 2.05) is 19.9 Å². The van der Waals surface area contributed by atoms with Crippen molar-refractivity contribution in [1.82, 2.24) is 23.7 Å². The summed E-state index contributed by atoms with van der Waals surface area (Å²) >= 11 is 6.01. The molecule has 2 N–H and O–H groups in total.